The van der Waals surface area contributed by atoms with Crippen molar-refractivity contribution < 1.29 is 0 Å². The maximum atomic E-state index is 5.96. The zero-order valence-electron chi connectivity index (χ0n) is 9.56. The number of thiazole rings is 1. The Kier molecular flexibility index (Phi) is 3.06. The Morgan fingerprint density at radius 1 is 1.17 bits per heavy atom. The fraction of sp³-hybridized carbons (Fsp3) is 0.0714. The molecule has 2 aromatic carbocycles. The van der Waals surface area contributed by atoms with Crippen LogP contribution in [0.25, 0.3) is 10.2 Å². The van der Waals surface area contributed by atoms with E-state index in [1.54, 1.807) is 11.3 Å². The predicted octanol–water partition coefficient (Wildman–Crippen LogP) is 4.23. The minimum atomic E-state index is 0.795. The number of fused-ring (bicyclic) bond motifs is 1. The third-order valence-electron chi connectivity index (χ3n) is 2.79. The number of aromatic nitrogens is 1. The summed E-state index contributed by atoms with van der Waals surface area (Å²) in [6, 6.07) is 14.1. The van der Waals surface area contributed by atoms with Crippen molar-refractivity contribution in [2.45, 2.75) is 6.42 Å². The van der Waals surface area contributed by atoms with Crippen molar-refractivity contribution >= 4 is 43.2 Å². The van der Waals surface area contributed by atoms with E-state index in [0.717, 1.165) is 32.7 Å². The number of halogens is 1. The highest BCUT2D eigenvalue weighted by Crippen LogP contribution is 2.27. The van der Waals surface area contributed by atoms with E-state index in [-0.39, 0.29) is 0 Å². The fourth-order valence-electron chi connectivity index (χ4n) is 1.88. The van der Waals surface area contributed by atoms with Crippen molar-refractivity contribution in [1.82, 2.24) is 4.98 Å². The molecule has 0 radical (unpaired) electrons. The van der Waals surface area contributed by atoms with Crippen molar-refractivity contribution in [2.75, 3.05) is 5.73 Å². The van der Waals surface area contributed by atoms with Crippen molar-refractivity contribution in [2.24, 2.45) is 0 Å². The molecule has 90 valence electrons. The van der Waals surface area contributed by atoms with Gasteiger partial charge in [0.1, 0.15) is 0 Å². The minimum Gasteiger partial charge on any atom is -0.398 e. The van der Waals surface area contributed by atoms with Crippen LogP contribution in [0.4, 0.5) is 5.69 Å². The molecule has 0 spiro atoms. The smallest absolute Gasteiger partial charge is 0.0983 e. The zero-order valence-corrected chi connectivity index (χ0v) is 12.0. The number of benzene rings is 2. The van der Waals surface area contributed by atoms with E-state index in [1.165, 1.54) is 4.70 Å². The van der Waals surface area contributed by atoms with E-state index in [9.17, 15) is 0 Å². The Morgan fingerprint density at radius 3 is 2.83 bits per heavy atom. The van der Waals surface area contributed by atoms with E-state index >= 15 is 0 Å². The molecule has 18 heavy (non-hydrogen) atoms. The van der Waals surface area contributed by atoms with Crippen LogP contribution in [-0.2, 0) is 6.42 Å². The standard InChI is InChI=1S/C14H11BrN2S/c15-10-5-6-12-13(8-10)18-14(17-12)7-9-3-1-2-4-11(9)16/h1-6,8H,7,16H2. The van der Waals surface area contributed by atoms with Crippen molar-refractivity contribution in [3.63, 3.8) is 0 Å². The molecular formula is C14H11BrN2S. The van der Waals surface area contributed by atoms with Crippen LogP contribution in [0.3, 0.4) is 0 Å². The average molecular weight is 319 g/mol. The third-order valence-corrected chi connectivity index (χ3v) is 4.30. The van der Waals surface area contributed by atoms with E-state index in [0.29, 0.717) is 0 Å². The lowest BCUT2D eigenvalue weighted by Crippen LogP contribution is -1.94. The van der Waals surface area contributed by atoms with Gasteiger partial charge in [-0.2, -0.15) is 0 Å². The maximum absolute atomic E-state index is 5.96. The first-order chi connectivity index (χ1) is 8.72. The summed E-state index contributed by atoms with van der Waals surface area (Å²) in [5, 5.41) is 1.10. The Labute approximate surface area is 118 Å². The number of para-hydroxylation sites is 1. The number of nitrogen functional groups attached to an aromatic ring is 1. The lowest BCUT2D eigenvalue weighted by molar-refractivity contribution is 1.16. The first kappa shape index (κ1) is 11.7. The molecule has 2 nitrogen and oxygen atoms in total. The van der Waals surface area contributed by atoms with Gasteiger partial charge in [0.15, 0.2) is 0 Å². The summed E-state index contributed by atoms with van der Waals surface area (Å²) in [6.45, 7) is 0. The maximum Gasteiger partial charge on any atom is 0.0983 e. The number of nitrogens with two attached hydrogens (primary N) is 1. The van der Waals surface area contributed by atoms with Gasteiger partial charge >= 0.3 is 0 Å². The summed E-state index contributed by atoms with van der Waals surface area (Å²) in [4.78, 5) is 4.63. The number of hydrogen-bond acceptors (Lipinski definition) is 3. The first-order valence-corrected chi connectivity index (χ1v) is 7.22. The summed E-state index contributed by atoms with van der Waals surface area (Å²) in [5.41, 5.74) is 8.97. The molecule has 0 bridgehead atoms. The van der Waals surface area contributed by atoms with Gasteiger partial charge < -0.3 is 5.73 Å². The summed E-state index contributed by atoms with van der Waals surface area (Å²) >= 11 is 5.20. The van der Waals surface area contributed by atoms with Gasteiger partial charge in [-0.1, -0.05) is 34.1 Å². The Hall–Kier alpha value is -1.39. The number of rotatable bonds is 2. The van der Waals surface area contributed by atoms with Gasteiger partial charge in [-0.3, -0.25) is 0 Å². The normalized spacial score (nSPS) is 10.9. The first-order valence-electron chi connectivity index (χ1n) is 5.61. The average Bonchev–Trinajstić information content (AvgIpc) is 2.73. The molecule has 1 heterocycles. The minimum absolute atomic E-state index is 0.795. The van der Waals surface area contributed by atoms with E-state index in [4.69, 9.17) is 5.73 Å². The summed E-state index contributed by atoms with van der Waals surface area (Å²) < 4.78 is 2.29. The highest BCUT2D eigenvalue weighted by atomic mass is 79.9. The number of hydrogen-bond donors (Lipinski definition) is 1. The molecule has 2 N–H and O–H groups in total. The molecule has 0 aliphatic heterocycles. The van der Waals surface area contributed by atoms with Crippen LogP contribution < -0.4 is 5.73 Å². The summed E-state index contributed by atoms with van der Waals surface area (Å²) in [7, 11) is 0. The van der Waals surface area contributed by atoms with Gasteiger partial charge in [0.2, 0.25) is 0 Å². The summed E-state index contributed by atoms with van der Waals surface area (Å²) in [5.74, 6) is 0. The van der Waals surface area contributed by atoms with Gasteiger partial charge in [-0.05, 0) is 29.8 Å². The molecule has 0 saturated carbocycles. The second-order valence-corrected chi connectivity index (χ2v) is 6.13. The van der Waals surface area contributed by atoms with Crippen LogP contribution in [0.5, 0.6) is 0 Å². The van der Waals surface area contributed by atoms with E-state index in [2.05, 4.69) is 33.0 Å². The Balaban J connectivity index is 1.98. The highest BCUT2D eigenvalue weighted by Gasteiger charge is 2.06. The van der Waals surface area contributed by atoms with Crippen molar-refractivity contribution in [3.8, 4) is 0 Å². The molecule has 0 amide bonds. The van der Waals surface area contributed by atoms with Crippen LogP contribution in [0, 0.1) is 0 Å². The molecule has 0 aliphatic carbocycles. The van der Waals surface area contributed by atoms with Crippen molar-refractivity contribution in [1.29, 1.82) is 0 Å². The topological polar surface area (TPSA) is 38.9 Å². The lowest BCUT2D eigenvalue weighted by atomic mass is 10.1. The predicted molar refractivity (Wildman–Crippen MR) is 81.0 cm³/mol. The molecule has 0 saturated heterocycles. The zero-order chi connectivity index (χ0) is 12.5. The van der Waals surface area contributed by atoms with Crippen molar-refractivity contribution in [3.05, 3.63) is 57.5 Å². The number of nitrogens with zero attached hydrogens (tertiary/aromatic N) is 1. The molecule has 0 unspecified atom stereocenters. The van der Waals surface area contributed by atoms with Crippen LogP contribution in [0.2, 0.25) is 0 Å². The molecule has 0 atom stereocenters. The summed E-state index contributed by atoms with van der Waals surface area (Å²) in [6.07, 6.45) is 0.795. The van der Waals surface area contributed by atoms with Gasteiger partial charge in [0.05, 0.1) is 15.2 Å². The van der Waals surface area contributed by atoms with E-state index < -0.39 is 0 Å². The largest absolute Gasteiger partial charge is 0.398 e. The molecule has 4 heteroatoms. The monoisotopic (exact) mass is 318 g/mol. The molecule has 0 fully saturated rings. The molecule has 1 aromatic heterocycles. The van der Waals surface area contributed by atoms with Crippen LogP contribution in [0.1, 0.15) is 10.6 Å². The van der Waals surface area contributed by atoms with Gasteiger partial charge in [0.25, 0.3) is 0 Å². The van der Waals surface area contributed by atoms with Gasteiger partial charge in [-0.15, -0.1) is 11.3 Å². The fourth-order valence-corrected chi connectivity index (χ4v) is 3.42. The molecule has 0 aliphatic rings. The lowest BCUT2D eigenvalue weighted by Gasteiger charge is -2.01. The molecule has 3 rings (SSSR count). The third kappa shape index (κ3) is 2.26. The van der Waals surface area contributed by atoms with Crippen LogP contribution in [-0.4, -0.2) is 4.98 Å². The molecular weight excluding hydrogens is 308 g/mol. The molecule has 3 aromatic rings. The van der Waals surface area contributed by atoms with Crippen LogP contribution >= 0.6 is 27.3 Å². The SMILES string of the molecule is Nc1ccccc1Cc1nc2ccc(Br)cc2s1. The van der Waals surface area contributed by atoms with Crippen LogP contribution in [0.15, 0.2) is 46.9 Å². The number of anilines is 1. The van der Waals surface area contributed by atoms with Gasteiger partial charge in [0, 0.05) is 16.6 Å². The quantitative estimate of drug-likeness (QED) is 0.718. The van der Waals surface area contributed by atoms with Gasteiger partial charge in [-0.25, -0.2) is 4.98 Å². The second-order valence-electron chi connectivity index (χ2n) is 4.10. The van der Waals surface area contributed by atoms with E-state index in [1.807, 2.05) is 30.3 Å². The Morgan fingerprint density at radius 2 is 2.00 bits per heavy atom. The Bertz CT molecular complexity index is 706. The highest BCUT2D eigenvalue weighted by molar-refractivity contribution is 9.10. The second kappa shape index (κ2) is 4.71.